The van der Waals surface area contributed by atoms with E-state index in [-0.39, 0.29) is 0 Å². The van der Waals surface area contributed by atoms with Gasteiger partial charge < -0.3 is 5.32 Å². The van der Waals surface area contributed by atoms with Gasteiger partial charge in [-0.25, -0.2) is 0 Å². The highest BCUT2D eigenvalue weighted by Crippen LogP contribution is 2.36. The van der Waals surface area contributed by atoms with Crippen LogP contribution < -0.4 is 5.32 Å². The zero-order valence-corrected chi connectivity index (χ0v) is 11.9. The molecule has 0 aliphatic heterocycles. The Bertz CT molecular complexity index is 363. The van der Waals surface area contributed by atoms with Crippen molar-refractivity contribution in [1.82, 2.24) is 0 Å². The average molecular weight is 249 g/mol. The Morgan fingerprint density at radius 2 is 1.94 bits per heavy atom. The van der Waals surface area contributed by atoms with Crippen LogP contribution in [0.5, 0.6) is 0 Å². The van der Waals surface area contributed by atoms with E-state index in [0.717, 1.165) is 0 Å². The van der Waals surface area contributed by atoms with Crippen molar-refractivity contribution >= 4 is 17.4 Å². The van der Waals surface area contributed by atoms with Crippen LogP contribution >= 0.6 is 11.8 Å². The fraction of sp³-hybridized carbons (Fsp3) is 0.600. The zero-order valence-electron chi connectivity index (χ0n) is 11.1. The maximum absolute atomic E-state index is 3.68. The molecule has 0 atom stereocenters. The summed E-state index contributed by atoms with van der Waals surface area (Å²) in [4.78, 5) is 1.34. The molecule has 1 aliphatic carbocycles. The van der Waals surface area contributed by atoms with Gasteiger partial charge in [-0.15, -0.1) is 11.8 Å². The second kappa shape index (κ2) is 5.34. The number of nitrogens with one attached hydrogen (secondary N) is 1. The summed E-state index contributed by atoms with van der Waals surface area (Å²) in [6.45, 7) is 4.77. The lowest BCUT2D eigenvalue weighted by atomic mass is 9.75. The Morgan fingerprint density at radius 3 is 2.59 bits per heavy atom. The Kier molecular flexibility index (Phi) is 4.03. The van der Waals surface area contributed by atoms with Crippen molar-refractivity contribution in [3.63, 3.8) is 0 Å². The van der Waals surface area contributed by atoms with Crippen molar-refractivity contribution in [2.45, 2.75) is 50.5 Å². The van der Waals surface area contributed by atoms with Crippen LogP contribution in [0.1, 0.15) is 39.5 Å². The number of anilines is 1. The van der Waals surface area contributed by atoms with E-state index in [2.05, 4.69) is 49.7 Å². The van der Waals surface area contributed by atoms with Crippen molar-refractivity contribution in [2.24, 2.45) is 5.41 Å². The number of thioether (sulfide) groups is 1. The Morgan fingerprint density at radius 1 is 1.24 bits per heavy atom. The van der Waals surface area contributed by atoms with Crippen LogP contribution in [-0.2, 0) is 0 Å². The lowest BCUT2D eigenvalue weighted by Gasteiger charge is -2.35. The van der Waals surface area contributed by atoms with E-state index in [9.17, 15) is 0 Å². The van der Waals surface area contributed by atoms with E-state index in [1.807, 2.05) is 0 Å². The molecule has 1 N–H and O–H groups in total. The van der Waals surface area contributed by atoms with Crippen molar-refractivity contribution < 1.29 is 0 Å². The molecular formula is C15H23NS. The first-order chi connectivity index (χ1) is 8.09. The molecule has 1 aliphatic rings. The van der Waals surface area contributed by atoms with Gasteiger partial charge in [0.05, 0.1) is 0 Å². The third kappa shape index (κ3) is 3.67. The first-order valence-corrected chi connectivity index (χ1v) is 7.72. The van der Waals surface area contributed by atoms with Gasteiger partial charge in [-0.3, -0.25) is 0 Å². The summed E-state index contributed by atoms with van der Waals surface area (Å²) < 4.78 is 0. The van der Waals surface area contributed by atoms with E-state index in [1.54, 1.807) is 11.8 Å². The molecule has 2 rings (SSSR count). The second-order valence-electron chi connectivity index (χ2n) is 5.81. The standard InChI is InChI=1S/C15H23NS/c1-15(2)9-7-12(8-10-15)16-13-5-4-6-14(11-13)17-3/h4-6,11-12,16H,7-10H2,1-3H3. The average Bonchev–Trinajstić information content (AvgIpc) is 2.32. The van der Waals surface area contributed by atoms with Crippen molar-refractivity contribution in [1.29, 1.82) is 0 Å². The molecule has 94 valence electrons. The lowest BCUT2D eigenvalue weighted by molar-refractivity contribution is 0.232. The fourth-order valence-corrected chi connectivity index (χ4v) is 2.95. The minimum atomic E-state index is 0.555. The third-order valence-corrected chi connectivity index (χ3v) is 4.51. The molecule has 0 radical (unpaired) electrons. The molecule has 0 saturated heterocycles. The van der Waals surface area contributed by atoms with Gasteiger partial charge in [0.1, 0.15) is 0 Å². The summed E-state index contributed by atoms with van der Waals surface area (Å²) in [5, 5.41) is 3.68. The van der Waals surface area contributed by atoms with Crippen molar-refractivity contribution in [3.8, 4) is 0 Å². The van der Waals surface area contributed by atoms with Gasteiger partial charge in [0.15, 0.2) is 0 Å². The summed E-state index contributed by atoms with van der Waals surface area (Å²) >= 11 is 1.80. The van der Waals surface area contributed by atoms with E-state index in [0.29, 0.717) is 11.5 Å². The Balaban J connectivity index is 1.93. The van der Waals surface area contributed by atoms with E-state index in [4.69, 9.17) is 0 Å². The van der Waals surface area contributed by atoms with Crippen LogP contribution in [0.25, 0.3) is 0 Å². The predicted octanol–water partition coefficient (Wildman–Crippen LogP) is 4.79. The minimum absolute atomic E-state index is 0.555. The van der Waals surface area contributed by atoms with E-state index in [1.165, 1.54) is 36.3 Å². The maximum Gasteiger partial charge on any atom is 0.0353 e. The Labute approximate surface area is 109 Å². The van der Waals surface area contributed by atoms with Crippen LogP contribution in [0.3, 0.4) is 0 Å². The molecule has 1 aromatic carbocycles. The first kappa shape index (κ1) is 12.8. The van der Waals surface area contributed by atoms with Gasteiger partial charge in [0.25, 0.3) is 0 Å². The molecule has 1 nitrogen and oxygen atoms in total. The zero-order chi connectivity index (χ0) is 12.3. The van der Waals surface area contributed by atoms with Gasteiger partial charge >= 0.3 is 0 Å². The largest absolute Gasteiger partial charge is 0.382 e. The van der Waals surface area contributed by atoms with Crippen molar-refractivity contribution in [3.05, 3.63) is 24.3 Å². The number of benzene rings is 1. The molecule has 0 heterocycles. The van der Waals surface area contributed by atoms with Crippen LogP contribution in [-0.4, -0.2) is 12.3 Å². The fourth-order valence-electron chi connectivity index (χ4n) is 2.49. The lowest BCUT2D eigenvalue weighted by Crippen LogP contribution is -2.29. The highest BCUT2D eigenvalue weighted by Gasteiger charge is 2.26. The predicted molar refractivity (Wildman–Crippen MR) is 77.9 cm³/mol. The van der Waals surface area contributed by atoms with Gasteiger partial charge in [0.2, 0.25) is 0 Å². The molecule has 1 saturated carbocycles. The Hall–Kier alpha value is -0.630. The van der Waals surface area contributed by atoms with Crippen LogP contribution in [0.4, 0.5) is 5.69 Å². The molecule has 17 heavy (non-hydrogen) atoms. The number of hydrogen-bond donors (Lipinski definition) is 1. The quantitative estimate of drug-likeness (QED) is 0.773. The topological polar surface area (TPSA) is 12.0 Å². The second-order valence-corrected chi connectivity index (χ2v) is 6.69. The molecule has 0 amide bonds. The molecule has 2 heteroatoms. The first-order valence-electron chi connectivity index (χ1n) is 6.50. The molecule has 1 aromatic rings. The number of hydrogen-bond acceptors (Lipinski definition) is 2. The minimum Gasteiger partial charge on any atom is -0.382 e. The summed E-state index contributed by atoms with van der Waals surface area (Å²) in [5.74, 6) is 0. The normalized spacial score (nSPS) is 20.2. The summed E-state index contributed by atoms with van der Waals surface area (Å²) in [7, 11) is 0. The van der Waals surface area contributed by atoms with E-state index >= 15 is 0 Å². The van der Waals surface area contributed by atoms with E-state index < -0.39 is 0 Å². The summed E-state index contributed by atoms with van der Waals surface area (Å²) in [6.07, 6.45) is 7.41. The van der Waals surface area contributed by atoms with Gasteiger partial charge in [-0.1, -0.05) is 19.9 Å². The molecule has 0 aromatic heterocycles. The van der Waals surface area contributed by atoms with Gasteiger partial charge in [-0.2, -0.15) is 0 Å². The van der Waals surface area contributed by atoms with Gasteiger partial charge in [0, 0.05) is 16.6 Å². The van der Waals surface area contributed by atoms with Crippen molar-refractivity contribution in [2.75, 3.05) is 11.6 Å². The molecule has 1 fully saturated rings. The van der Waals surface area contributed by atoms with Gasteiger partial charge in [-0.05, 0) is 55.6 Å². The summed E-state index contributed by atoms with van der Waals surface area (Å²) in [6, 6.07) is 9.41. The molecular weight excluding hydrogens is 226 g/mol. The summed E-state index contributed by atoms with van der Waals surface area (Å²) in [5.41, 5.74) is 1.83. The highest BCUT2D eigenvalue weighted by atomic mass is 32.2. The highest BCUT2D eigenvalue weighted by molar-refractivity contribution is 7.98. The molecule has 0 spiro atoms. The monoisotopic (exact) mass is 249 g/mol. The SMILES string of the molecule is CSc1cccc(NC2CCC(C)(C)CC2)c1. The molecule has 0 bridgehead atoms. The van der Waals surface area contributed by atoms with Crippen LogP contribution in [0.15, 0.2) is 29.2 Å². The molecule has 0 unspecified atom stereocenters. The maximum atomic E-state index is 3.68. The number of rotatable bonds is 3. The smallest absolute Gasteiger partial charge is 0.0353 e. The van der Waals surface area contributed by atoms with Crippen LogP contribution in [0.2, 0.25) is 0 Å². The third-order valence-electron chi connectivity index (χ3n) is 3.78. The van der Waals surface area contributed by atoms with Crippen LogP contribution in [0, 0.1) is 5.41 Å².